The lowest BCUT2D eigenvalue weighted by Gasteiger charge is -2.17. The molecular weight excluding hydrogens is 265 g/mol. The van der Waals surface area contributed by atoms with E-state index in [0.29, 0.717) is 0 Å². The fourth-order valence-electron chi connectivity index (χ4n) is 2.01. The normalized spacial score (nSPS) is 12.4. The van der Waals surface area contributed by atoms with Crippen molar-refractivity contribution in [2.75, 3.05) is 7.05 Å². The van der Waals surface area contributed by atoms with Gasteiger partial charge in [-0.2, -0.15) is 0 Å². The van der Waals surface area contributed by atoms with E-state index in [1.807, 2.05) is 43.4 Å². The lowest BCUT2D eigenvalue weighted by molar-refractivity contribution is 0.592. The van der Waals surface area contributed by atoms with Crippen LogP contribution in [0.25, 0.3) is 0 Å². The number of likely N-dealkylation sites (N-methyl/N-ethyl adjacent to an activating group) is 1. The van der Waals surface area contributed by atoms with Crippen LogP contribution in [0.15, 0.2) is 48.5 Å². The predicted molar refractivity (Wildman–Crippen MR) is 78.4 cm³/mol. The number of rotatable bonds is 4. The Kier molecular flexibility index (Phi) is 4.65. The molecule has 0 aromatic heterocycles. The topological polar surface area (TPSA) is 12.0 Å². The first-order chi connectivity index (χ1) is 8.69. The summed E-state index contributed by atoms with van der Waals surface area (Å²) in [6, 6.07) is 16.1. The van der Waals surface area contributed by atoms with Crippen LogP contribution in [-0.2, 0) is 6.42 Å². The average Bonchev–Trinajstić information content (AvgIpc) is 2.36. The molecule has 0 bridgehead atoms. The van der Waals surface area contributed by atoms with Gasteiger partial charge in [-0.1, -0.05) is 47.5 Å². The van der Waals surface area contributed by atoms with Gasteiger partial charge in [0.1, 0.15) is 0 Å². The molecule has 3 heteroatoms. The highest BCUT2D eigenvalue weighted by Crippen LogP contribution is 2.22. The number of benzene rings is 2. The van der Waals surface area contributed by atoms with Crippen molar-refractivity contribution in [3.63, 3.8) is 0 Å². The maximum absolute atomic E-state index is 6.03. The zero-order valence-corrected chi connectivity index (χ0v) is 11.7. The maximum Gasteiger partial charge on any atom is 0.0409 e. The molecule has 1 N–H and O–H groups in total. The van der Waals surface area contributed by atoms with Gasteiger partial charge in [0, 0.05) is 16.1 Å². The Morgan fingerprint density at radius 3 is 2.28 bits per heavy atom. The van der Waals surface area contributed by atoms with Crippen LogP contribution in [0.1, 0.15) is 17.2 Å². The van der Waals surface area contributed by atoms with Crippen LogP contribution >= 0.6 is 23.2 Å². The van der Waals surface area contributed by atoms with Gasteiger partial charge < -0.3 is 5.32 Å². The SMILES string of the molecule is CNC(Cc1cccc(Cl)c1)c1cccc(Cl)c1. The summed E-state index contributed by atoms with van der Waals surface area (Å²) >= 11 is 12.0. The highest BCUT2D eigenvalue weighted by molar-refractivity contribution is 6.30. The van der Waals surface area contributed by atoms with Crippen molar-refractivity contribution in [2.45, 2.75) is 12.5 Å². The molecule has 0 radical (unpaired) electrons. The van der Waals surface area contributed by atoms with E-state index in [-0.39, 0.29) is 6.04 Å². The molecule has 0 heterocycles. The molecule has 0 aliphatic rings. The van der Waals surface area contributed by atoms with Crippen molar-refractivity contribution in [1.82, 2.24) is 5.32 Å². The largest absolute Gasteiger partial charge is 0.313 e. The van der Waals surface area contributed by atoms with Crippen molar-refractivity contribution >= 4 is 23.2 Å². The molecular formula is C15H15Cl2N. The molecule has 2 aromatic carbocycles. The number of nitrogens with one attached hydrogen (secondary N) is 1. The molecule has 0 spiro atoms. The van der Waals surface area contributed by atoms with E-state index < -0.39 is 0 Å². The second-order valence-corrected chi connectivity index (χ2v) is 5.10. The van der Waals surface area contributed by atoms with Crippen LogP contribution < -0.4 is 5.32 Å². The summed E-state index contributed by atoms with van der Waals surface area (Å²) in [6.45, 7) is 0. The summed E-state index contributed by atoms with van der Waals surface area (Å²) in [5.41, 5.74) is 2.40. The quantitative estimate of drug-likeness (QED) is 0.869. The molecule has 0 aliphatic heterocycles. The molecule has 0 amide bonds. The summed E-state index contributed by atoms with van der Waals surface area (Å²) in [4.78, 5) is 0. The van der Waals surface area contributed by atoms with E-state index >= 15 is 0 Å². The van der Waals surface area contributed by atoms with Crippen molar-refractivity contribution in [3.05, 3.63) is 69.7 Å². The third-order valence-corrected chi connectivity index (χ3v) is 3.40. The summed E-state index contributed by atoms with van der Waals surface area (Å²) < 4.78 is 0. The monoisotopic (exact) mass is 279 g/mol. The third-order valence-electron chi connectivity index (χ3n) is 2.93. The van der Waals surface area contributed by atoms with Gasteiger partial charge in [-0.25, -0.2) is 0 Å². The van der Waals surface area contributed by atoms with E-state index in [1.54, 1.807) is 0 Å². The molecule has 1 nitrogen and oxygen atoms in total. The van der Waals surface area contributed by atoms with Crippen molar-refractivity contribution in [1.29, 1.82) is 0 Å². The predicted octanol–water partition coefficient (Wildman–Crippen LogP) is 4.50. The van der Waals surface area contributed by atoms with E-state index in [0.717, 1.165) is 16.5 Å². The van der Waals surface area contributed by atoms with Gasteiger partial charge in [0.05, 0.1) is 0 Å². The van der Waals surface area contributed by atoms with E-state index in [9.17, 15) is 0 Å². The lowest BCUT2D eigenvalue weighted by atomic mass is 9.99. The van der Waals surface area contributed by atoms with E-state index in [4.69, 9.17) is 23.2 Å². The Balaban J connectivity index is 2.19. The Bertz CT molecular complexity index is 525. The summed E-state index contributed by atoms with van der Waals surface area (Å²) in [6.07, 6.45) is 0.886. The Labute approximate surface area is 118 Å². The van der Waals surface area contributed by atoms with Gasteiger partial charge >= 0.3 is 0 Å². The molecule has 1 unspecified atom stereocenters. The fraction of sp³-hybridized carbons (Fsp3) is 0.200. The molecule has 0 saturated heterocycles. The number of halogens is 2. The minimum atomic E-state index is 0.238. The number of hydrogen-bond donors (Lipinski definition) is 1. The van der Waals surface area contributed by atoms with Crippen molar-refractivity contribution in [2.24, 2.45) is 0 Å². The molecule has 2 aromatic rings. The Morgan fingerprint density at radius 1 is 1.00 bits per heavy atom. The third kappa shape index (κ3) is 3.49. The van der Waals surface area contributed by atoms with E-state index in [1.165, 1.54) is 11.1 Å². The first-order valence-electron chi connectivity index (χ1n) is 5.86. The van der Waals surface area contributed by atoms with Crippen LogP contribution in [0.5, 0.6) is 0 Å². The van der Waals surface area contributed by atoms with Gasteiger partial charge in [0.2, 0.25) is 0 Å². The van der Waals surface area contributed by atoms with Gasteiger partial charge in [-0.15, -0.1) is 0 Å². The van der Waals surface area contributed by atoms with Crippen LogP contribution in [0.2, 0.25) is 10.0 Å². The average molecular weight is 280 g/mol. The molecule has 94 valence electrons. The number of hydrogen-bond acceptors (Lipinski definition) is 1. The smallest absolute Gasteiger partial charge is 0.0409 e. The maximum atomic E-state index is 6.03. The minimum Gasteiger partial charge on any atom is -0.313 e. The van der Waals surface area contributed by atoms with Gasteiger partial charge in [-0.05, 0) is 48.9 Å². The lowest BCUT2D eigenvalue weighted by Crippen LogP contribution is -2.18. The minimum absolute atomic E-state index is 0.238. The van der Waals surface area contributed by atoms with Crippen LogP contribution in [0.4, 0.5) is 0 Å². The first-order valence-corrected chi connectivity index (χ1v) is 6.62. The zero-order valence-electron chi connectivity index (χ0n) is 10.2. The summed E-state index contributed by atoms with van der Waals surface area (Å²) in [7, 11) is 1.95. The first kappa shape index (κ1) is 13.4. The summed E-state index contributed by atoms with van der Waals surface area (Å²) in [5, 5.41) is 4.85. The molecule has 18 heavy (non-hydrogen) atoms. The fourth-order valence-corrected chi connectivity index (χ4v) is 2.42. The molecule has 2 rings (SSSR count). The van der Waals surface area contributed by atoms with Crippen molar-refractivity contribution < 1.29 is 0 Å². The van der Waals surface area contributed by atoms with Gasteiger partial charge in [0.25, 0.3) is 0 Å². The molecule has 0 aliphatic carbocycles. The van der Waals surface area contributed by atoms with E-state index in [2.05, 4.69) is 17.4 Å². The summed E-state index contributed by atoms with van der Waals surface area (Å²) in [5.74, 6) is 0. The zero-order chi connectivity index (χ0) is 13.0. The van der Waals surface area contributed by atoms with Crippen LogP contribution in [0, 0.1) is 0 Å². The molecule has 0 fully saturated rings. The second-order valence-electron chi connectivity index (χ2n) is 4.23. The van der Waals surface area contributed by atoms with Crippen LogP contribution in [-0.4, -0.2) is 7.05 Å². The molecule has 1 atom stereocenters. The Morgan fingerprint density at radius 2 is 1.67 bits per heavy atom. The second kappa shape index (κ2) is 6.24. The standard InChI is InChI=1S/C15H15Cl2N/c1-18-15(12-5-3-7-14(17)10-12)9-11-4-2-6-13(16)8-11/h2-8,10,15,18H,9H2,1H3. The van der Waals surface area contributed by atoms with Gasteiger partial charge in [0.15, 0.2) is 0 Å². The highest BCUT2D eigenvalue weighted by atomic mass is 35.5. The Hall–Kier alpha value is -1.02. The highest BCUT2D eigenvalue weighted by Gasteiger charge is 2.10. The van der Waals surface area contributed by atoms with Crippen molar-refractivity contribution in [3.8, 4) is 0 Å². The van der Waals surface area contributed by atoms with Crippen LogP contribution in [0.3, 0.4) is 0 Å². The molecule has 0 saturated carbocycles. The van der Waals surface area contributed by atoms with Gasteiger partial charge in [-0.3, -0.25) is 0 Å².